The van der Waals surface area contributed by atoms with E-state index in [1.165, 1.54) is 0 Å². The van der Waals surface area contributed by atoms with Gasteiger partial charge in [0.2, 0.25) is 0 Å². The zero-order valence-electron chi connectivity index (χ0n) is 6.15. The van der Waals surface area contributed by atoms with Crippen molar-refractivity contribution in [2.24, 2.45) is 0 Å². The van der Waals surface area contributed by atoms with Crippen LogP contribution in [0, 0.1) is 0 Å². The summed E-state index contributed by atoms with van der Waals surface area (Å²) in [6, 6.07) is 5.23. The third-order valence-corrected chi connectivity index (χ3v) is 2.61. The van der Waals surface area contributed by atoms with E-state index in [0.29, 0.717) is 11.8 Å². The molecule has 0 aliphatic rings. The second-order valence-corrected chi connectivity index (χ2v) is 3.43. The predicted octanol–water partition coefficient (Wildman–Crippen LogP) is 2.42. The molecule has 2 rings (SSSR count). The Kier molecular flexibility index (Phi) is 1.59. The molecule has 3 heteroatoms. The van der Waals surface area contributed by atoms with E-state index in [2.05, 4.69) is 0 Å². The highest BCUT2D eigenvalue weighted by Gasteiger charge is 2.02. The molecular weight excluding hydrogens is 172 g/mol. The lowest BCUT2D eigenvalue weighted by Gasteiger charge is -1.95. The van der Waals surface area contributed by atoms with Gasteiger partial charge >= 0.3 is 0 Å². The third-order valence-electron chi connectivity index (χ3n) is 1.73. The first-order chi connectivity index (χ1) is 5.81. The lowest BCUT2D eigenvalue weighted by molar-refractivity contribution is 0.112. The lowest BCUT2D eigenvalue weighted by atomic mass is 10.2. The normalized spacial score (nSPS) is 10.3. The SMILES string of the molecule is O=Cc1cc2ccsc2cc1O. The molecule has 2 nitrogen and oxygen atoms in total. The minimum atomic E-state index is 0.0555. The average Bonchev–Trinajstić information content (AvgIpc) is 2.49. The maximum atomic E-state index is 10.4. The highest BCUT2D eigenvalue weighted by molar-refractivity contribution is 7.17. The standard InChI is InChI=1S/C9H6O2S/c10-5-7-3-6-1-2-12-9(6)4-8(7)11/h1-5,11H. The molecule has 0 spiro atoms. The molecule has 0 saturated heterocycles. The first-order valence-corrected chi connectivity index (χ1v) is 4.34. The van der Waals surface area contributed by atoms with Crippen LogP contribution in [0.25, 0.3) is 10.1 Å². The number of phenols is 1. The average molecular weight is 178 g/mol. The molecule has 1 N–H and O–H groups in total. The van der Waals surface area contributed by atoms with Gasteiger partial charge < -0.3 is 5.11 Å². The van der Waals surface area contributed by atoms with Crippen molar-refractivity contribution in [2.45, 2.75) is 0 Å². The van der Waals surface area contributed by atoms with E-state index < -0.39 is 0 Å². The van der Waals surface area contributed by atoms with Gasteiger partial charge in [-0.1, -0.05) is 0 Å². The van der Waals surface area contributed by atoms with Crippen molar-refractivity contribution in [1.82, 2.24) is 0 Å². The van der Waals surface area contributed by atoms with Crippen molar-refractivity contribution in [2.75, 3.05) is 0 Å². The Morgan fingerprint density at radius 2 is 2.25 bits per heavy atom. The summed E-state index contributed by atoms with van der Waals surface area (Å²) in [6.07, 6.45) is 0.659. The number of hydrogen-bond donors (Lipinski definition) is 1. The summed E-state index contributed by atoms with van der Waals surface area (Å²) in [5, 5.41) is 12.2. The number of carbonyl (C=O) groups excluding carboxylic acids is 1. The fourth-order valence-electron chi connectivity index (χ4n) is 1.11. The molecule has 0 radical (unpaired) electrons. The zero-order valence-corrected chi connectivity index (χ0v) is 6.97. The molecule has 0 unspecified atom stereocenters. The van der Waals surface area contributed by atoms with E-state index >= 15 is 0 Å². The van der Waals surface area contributed by atoms with Crippen LogP contribution in [0.1, 0.15) is 10.4 Å². The van der Waals surface area contributed by atoms with E-state index in [-0.39, 0.29) is 5.75 Å². The third kappa shape index (κ3) is 0.987. The van der Waals surface area contributed by atoms with Gasteiger partial charge in [0.05, 0.1) is 5.56 Å². The van der Waals surface area contributed by atoms with Crippen LogP contribution in [0.5, 0.6) is 5.75 Å². The fourth-order valence-corrected chi connectivity index (χ4v) is 1.91. The number of phenolic OH excluding ortho intramolecular Hbond substituents is 1. The molecule has 0 fully saturated rings. The Hall–Kier alpha value is -1.35. The molecule has 12 heavy (non-hydrogen) atoms. The lowest BCUT2D eigenvalue weighted by Crippen LogP contribution is -1.79. The summed E-state index contributed by atoms with van der Waals surface area (Å²) in [6.45, 7) is 0. The van der Waals surface area contributed by atoms with E-state index in [1.54, 1.807) is 23.5 Å². The van der Waals surface area contributed by atoms with Crippen molar-refractivity contribution in [1.29, 1.82) is 0 Å². The van der Waals surface area contributed by atoms with Crippen LogP contribution in [0.4, 0.5) is 0 Å². The largest absolute Gasteiger partial charge is 0.507 e. The topological polar surface area (TPSA) is 37.3 Å². The summed E-state index contributed by atoms with van der Waals surface area (Å²) in [5.74, 6) is 0.0555. The summed E-state index contributed by atoms with van der Waals surface area (Å²) < 4.78 is 0.998. The van der Waals surface area contributed by atoms with Crippen molar-refractivity contribution in [3.63, 3.8) is 0 Å². The Bertz CT molecular complexity index is 431. The summed E-state index contributed by atoms with van der Waals surface area (Å²) >= 11 is 1.54. The summed E-state index contributed by atoms with van der Waals surface area (Å²) in [5.41, 5.74) is 0.348. The van der Waals surface area contributed by atoms with Crippen molar-refractivity contribution in [3.05, 3.63) is 29.1 Å². The van der Waals surface area contributed by atoms with Crippen molar-refractivity contribution >= 4 is 27.7 Å². The molecule has 0 aliphatic carbocycles. The number of aromatic hydroxyl groups is 1. The Labute approximate surface area is 73.1 Å². The molecule has 0 aliphatic heterocycles. The van der Waals surface area contributed by atoms with Gasteiger partial charge in [-0.3, -0.25) is 4.79 Å². The number of thiophene rings is 1. The molecule has 1 heterocycles. The minimum absolute atomic E-state index is 0.0555. The van der Waals surface area contributed by atoms with Gasteiger partial charge in [-0.15, -0.1) is 11.3 Å². The summed E-state index contributed by atoms with van der Waals surface area (Å²) in [4.78, 5) is 10.4. The smallest absolute Gasteiger partial charge is 0.153 e. The molecular formula is C9H6O2S. The molecule has 0 saturated carbocycles. The molecule has 1 aromatic carbocycles. The number of carbonyl (C=O) groups is 1. The van der Waals surface area contributed by atoms with Crippen LogP contribution >= 0.6 is 11.3 Å². The highest BCUT2D eigenvalue weighted by Crippen LogP contribution is 2.27. The van der Waals surface area contributed by atoms with Crippen LogP contribution < -0.4 is 0 Å². The van der Waals surface area contributed by atoms with Crippen LogP contribution in [-0.4, -0.2) is 11.4 Å². The second kappa shape index (κ2) is 2.60. The first kappa shape index (κ1) is 7.31. The molecule has 60 valence electrons. The number of fused-ring (bicyclic) bond motifs is 1. The Balaban J connectivity index is 2.81. The van der Waals surface area contributed by atoms with E-state index in [4.69, 9.17) is 0 Å². The van der Waals surface area contributed by atoms with Gasteiger partial charge in [0.15, 0.2) is 6.29 Å². The molecule has 1 aromatic heterocycles. The van der Waals surface area contributed by atoms with Crippen LogP contribution in [0.3, 0.4) is 0 Å². The molecule has 0 bridgehead atoms. The molecule has 0 atom stereocenters. The second-order valence-electron chi connectivity index (χ2n) is 2.49. The number of benzene rings is 1. The number of aldehydes is 1. The number of rotatable bonds is 1. The van der Waals surface area contributed by atoms with Crippen LogP contribution in [-0.2, 0) is 0 Å². The maximum absolute atomic E-state index is 10.4. The van der Waals surface area contributed by atoms with E-state index in [1.807, 2.05) is 11.4 Å². The van der Waals surface area contributed by atoms with Gasteiger partial charge in [0.25, 0.3) is 0 Å². The monoisotopic (exact) mass is 178 g/mol. The number of hydrogen-bond acceptors (Lipinski definition) is 3. The van der Waals surface area contributed by atoms with Gasteiger partial charge in [-0.2, -0.15) is 0 Å². The Morgan fingerprint density at radius 1 is 1.42 bits per heavy atom. The van der Waals surface area contributed by atoms with Crippen LogP contribution in [0.15, 0.2) is 23.6 Å². The Morgan fingerprint density at radius 3 is 3.00 bits per heavy atom. The van der Waals surface area contributed by atoms with Gasteiger partial charge in [-0.05, 0) is 29.0 Å². The molecule has 0 amide bonds. The quantitative estimate of drug-likeness (QED) is 0.681. The fraction of sp³-hybridized carbons (Fsp3) is 0. The predicted molar refractivity (Wildman–Crippen MR) is 48.9 cm³/mol. The maximum Gasteiger partial charge on any atom is 0.153 e. The minimum Gasteiger partial charge on any atom is -0.507 e. The van der Waals surface area contributed by atoms with Gasteiger partial charge in [0.1, 0.15) is 5.75 Å². The summed E-state index contributed by atoms with van der Waals surface area (Å²) in [7, 11) is 0. The van der Waals surface area contributed by atoms with Gasteiger partial charge in [-0.25, -0.2) is 0 Å². The highest BCUT2D eigenvalue weighted by atomic mass is 32.1. The van der Waals surface area contributed by atoms with E-state index in [9.17, 15) is 9.90 Å². The van der Waals surface area contributed by atoms with Crippen molar-refractivity contribution < 1.29 is 9.90 Å². The zero-order chi connectivity index (χ0) is 8.55. The van der Waals surface area contributed by atoms with Crippen LogP contribution in [0.2, 0.25) is 0 Å². The van der Waals surface area contributed by atoms with Gasteiger partial charge in [0, 0.05) is 4.70 Å². The molecule has 2 aromatic rings. The first-order valence-electron chi connectivity index (χ1n) is 3.46. The van der Waals surface area contributed by atoms with E-state index in [0.717, 1.165) is 10.1 Å². The van der Waals surface area contributed by atoms with Crippen molar-refractivity contribution in [3.8, 4) is 5.75 Å².